The minimum atomic E-state index is -0.927. The molecule has 0 spiro atoms. The Bertz CT molecular complexity index is 1100. The van der Waals surface area contributed by atoms with Crippen molar-refractivity contribution >= 4 is 17.4 Å². The van der Waals surface area contributed by atoms with Gasteiger partial charge >= 0.3 is 0 Å². The van der Waals surface area contributed by atoms with Crippen molar-refractivity contribution in [3.63, 3.8) is 0 Å². The Morgan fingerprint density at radius 2 is 1.91 bits per heavy atom. The molecule has 9 heteroatoms. The van der Waals surface area contributed by atoms with Crippen LogP contribution in [-0.2, 0) is 14.3 Å². The number of amides is 1. The van der Waals surface area contributed by atoms with Crippen LogP contribution in [0.3, 0.4) is 0 Å². The van der Waals surface area contributed by atoms with Gasteiger partial charge in [-0.25, -0.2) is 4.39 Å². The topological polar surface area (TPSA) is 99.5 Å². The van der Waals surface area contributed by atoms with E-state index in [9.17, 15) is 24.2 Å². The third kappa shape index (κ3) is 4.55. The molecule has 0 aliphatic carbocycles. The molecule has 2 heterocycles. The summed E-state index contributed by atoms with van der Waals surface area (Å²) < 4.78 is 24.5. The summed E-state index contributed by atoms with van der Waals surface area (Å²) in [4.78, 5) is 29.5. The first kappa shape index (κ1) is 22.8. The lowest BCUT2D eigenvalue weighted by atomic mass is 9.95. The van der Waals surface area contributed by atoms with Crippen molar-refractivity contribution in [3.8, 4) is 11.5 Å². The monoisotopic (exact) mass is 456 g/mol. The number of ether oxygens (including phenoxy) is 2. The Balaban J connectivity index is 1.75. The fourth-order valence-electron chi connectivity index (χ4n) is 4.20. The molecule has 1 amide bonds. The number of morpholine rings is 1. The van der Waals surface area contributed by atoms with Crippen LogP contribution in [0.5, 0.6) is 11.5 Å². The maximum Gasteiger partial charge on any atom is 0.295 e. The van der Waals surface area contributed by atoms with Crippen LogP contribution < -0.4 is 4.74 Å². The lowest BCUT2D eigenvalue weighted by molar-refractivity contribution is -0.140. The number of hydrogen-bond donors (Lipinski definition) is 2. The molecule has 2 aromatic rings. The molecule has 0 radical (unpaired) electrons. The van der Waals surface area contributed by atoms with E-state index in [-0.39, 0.29) is 29.2 Å². The smallest absolute Gasteiger partial charge is 0.295 e. The highest BCUT2D eigenvalue weighted by atomic mass is 19.1. The van der Waals surface area contributed by atoms with Crippen LogP contribution in [0.25, 0.3) is 5.76 Å². The predicted octanol–water partition coefficient (Wildman–Crippen LogP) is 2.29. The molecule has 0 bridgehead atoms. The van der Waals surface area contributed by atoms with Crippen LogP contribution in [0.1, 0.15) is 17.2 Å². The highest BCUT2D eigenvalue weighted by molar-refractivity contribution is 6.46. The number of Topliss-reactive ketones (excluding diaryl/α,β-unsaturated/α-hetero) is 1. The number of phenolic OH excluding ortho intramolecular Hbond substituents is 1. The van der Waals surface area contributed by atoms with Crippen molar-refractivity contribution in [2.75, 3.05) is 46.5 Å². The number of nitrogens with zero attached hydrogens (tertiary/aromatic N) is 2. The van der Waals surface area contributed by atoms with Gasteiger partial charge in [0.25, 0.3) is 11.7 Å². The van der Waals surface area contributed by atoms with Crippen LogP contribution in [-0.4, -0.2) is 78.2 Å². The first-order chi connectivity index (χ1) is 15.9. The van der Waals surface area contributed by atoms with Gasteiger partial charge in [-0.2, -0.15) is 0 Å². The number of ketones is 1. The Kier molecular flexibility index (Phi) is 6.62. The van der Waals surface area contributed by atoms with E-state index < -0.39 is 29.3 Å². The fraction of sp³-hybridized carbons (Fsp3) is 0.333. The summed E-state index contributed by atoms with van der Waals surface area (Å²) >= 11 is 0. The Morgan fingerprint density at radius 3 is 2.58 bits per heavy atom. The van der Waals surface area contributed by atoms with Crippen LogP contribution in [0.2, 0.25) is 0 Å². The van der Waals surface area contributed by atoms with Gasteiger partial charge < -0.3 is 24.6 Å². The highest BCUT2D eigenvalue weighted by Gasteiger charge is 2.46. The Labute approximate surface area is 190 Å². The standard InChI is InChI=1S/C24H25FN2O6/c1-32-19-6-5-16(14-18(19)25)22(29)20-21(15-3-2-4-17(28)13-15)27(24(31)23(20)30)8-7-26-9-11-33-12-10-26/h2-6,13-14,21,28-29H,7-12H2,1H3/t21-/m1/s1. The minimum absolute atomic E-state index is 0.0120. The average Bonchev–Trinajstić information content (AvgIpc) is 3.07. The SMILES string of the molecule is COc1ccc(C(O)=C2C(=O)C(=O)N(CCN3CCOCC3)[C@@H]2c2cccc(O)c2)cc1F. The Hall–Kier alpha value is -3.43. The van der Waals surface area contributed by atoms with Gasteiger partial charge in [-0.3, -0.25) is 14.5 Å². The zero-order valence-corrected chi connectivity index (χ0v) is 18.2. The van der Waals surface area contributed by atoms with E-state index in [0.29, 0.717) is 38.4 Å². The lowest BCUT2D eigenvalue weighted by Crippen LogP contribution is -2.42. The van der Waals surface area contributed by atoms with Gasteiger partial charge in [0.1, 0.15) is 11.5 Å². The van der Waals surface area contributed by atoms with E-state index in [1.54, 1.807) is 12.1 Å². The van der Waals surface area contributed by atoms with Gasteiger partial charge in [0.15, 0.2) is 11.6 Å². The van der Waals surface area contributed by atoms with Crippen LogP contribution in [0, 0.1) is 5.82 Å². The quantitative estimate of drug-likeness (QED) is 0.391. The van der Waals surface area contributed by atoms with Crippen LogP contribution in [0.15, 0.2) is 48.0 Å². The summed E-state index contributed by atoms with van der Waals surface area (Å²) in [5.74, 6) is -2.87. The van der Waals surface area contributed by atoms with Crippen LogP contribution >= 0.6 is 0 Å². The van der Waals surface area contributed by atoms with E-state index in [4.69, 9.17) is 9.47 Å². The number of aliphatic hydroxyl groups excluding tert-OH is 1. The number of phenols is 1. The molecule has 2 N–H and O–H groups in total. The number of benzene rings is 2. The first-order valence-corrected chi connectivity index (χ1v) is 10.6. The van der Waals surface area contributed by atoms with E-state index in [1.165, 1.54) is 36.3 Å². The average molecular weight is 456 g/mol. The molecule has 2 aromatic carbocycles. The molecule has 33 heavy (non-hydrogen) atoms. The lowest BCUT2D eigenvalue weighted by Gasteiger charge is -2.31. The number of likely N-dealkylation sites (tertiary alicyclic amines) is 1. The van der Waals surface area contributed by atoms with Crippen LogP contribution in [0.4, 0.5) is 4.39 Å². The summed E-state index contributed by atoms with van der Waals surface area (Å²) in [5.41, 5.74) is 0.355. The predicted molar refractivity (Wildman–Crippen MR) is 117 cm³/mol. The molecule has 8 nitrogen and oxygen atoms in total. The second-order valence-electron chi connectivity index (χ2n) is 7.89. The number of rotatable bonds is 6. The third-order valence-electron chi connectivity index (χ3n) is 5.91. The second kappa shape index (κ2) is 9.60. The highest BCUT2D eigenvalue weighted by Crippen LogP contribution is 2.40. The largest absolute Gasteiger partial charge is 0.508 e. The minimum Gasteiger partial charge on any atom is -0.508 e. The second-order valence-corrected chi connectivity index (χ2v) is 7.89. The summed E-state index contributed by atoms with van der Waals surface area (Å²) in [6.45, 7) is 3.37. The maximum absolute atomic E-state index is 14.3. The first-order valence-electron chi connectivity index (χ1n) is 10.6. The third-order valence-corrected chi connectivity index (χ3v) is 5.91. The molecule has 4 rings (SSSR count). The molecule has 2 saturated heterocycles. The molecule has 2 aliphatic rings. The molecule has 0 aromatic heterocycles. The molecule has 174 valence electrons. The van der Waals surface area contributed by atoms with Crippen molar-refractivity contribution in [3.05, 3.63) is 65.0 Å². The summed E-state index contributed by atoms with van der Waals surface area (Å²) in [6, 6.07) is 9.06. The normalized spacial score (nSPS) is 20.9. The number of hydrogen-bond acceptors (Lipinski definition) is 7. The fourth-order valence-corrected chi connectivity index (χ4v) is 4.20. The molecule has 0 unspecified atom stereocenters. The molecule has 2 fully saturated rings. The molecule has 2 aliphatic heterocycles. The zero-order valence-electron chi connectivity index (χ0n) is 18.2. The molecule has 0 saturated carbocycles. The van der Waals surface area contributed by atoms with Crippen molar-refractivity contribution < 1.29 is 33.7 Å². The number of methoxy groups -OCH3 is 1. The summed E-state index contributed by atoms with van der Waals surface area (Å²) in [7, 11) is 1.32. The van der Waals surface area contributed by atoms with Crippen molar-refractivity contribution in [1.82, 2.24) is 9.80 Å². The summed E-state index contributed by atoms with van der Waals surface area (Å²) in [6.07, 6.45) is 0. The van der Waals surface area contributed by atoms with Gasteiger partial charge in [0, 0.05) is 31.7 Å². The van der Waals surface area contributed by atoms with Crippen molar-refractivity contribution in [2.45, 2.75) is 6.04 Å². The van der Waals surface area contributed by atoms with E-state index in [1.807, 2.05) is 0 Å². The molecular formula is C24H25FN2O6. The number of carbonyl (C=O) groups excluding carboxylic acids is 2. The number of aromatic hydroxyl groups is 1. The van der Waals surface area contributed by atoms with Crippen molar-refractivity contribution in [2.24, 2.45) is 0 Å². The van der Waals surface area contributed by atoms with Gasteiger partial charge in [-0.15, -0.1) is 0 Å². The zero-order chi connectivity index (χ0) is 23.5. The molecule has 1 atom stereocenters. The van der Waals surface area contributed by atoms with E-state index in [0.717, 1.165) is 6.07 Å². The van der Waals surface area contributed by atoms with Crippen molar-refractivity contribution in [1.29, 1.82) is 0 Å². The number of carbonyl (C=O) groups is 2. The van der Waals surface area contributed by atoms with Gasteiger partial charge in [-0.05, 0) is 35.9 Å². The van der Waals surface area contributed by atoms with Gasteiger partial charge in [0.2, 0.25) is 0 Å². The molecular weight excluding hydrogens is 431 g/mol. The number of aliphatic hydroxyl groups is 1. The summed E-state index contributed by atoms with van der Waals surface area (Å²) in [5, 5.41) is 21.0. The maximum atomic E-state index is 14.3. The Morgan fingerprint density at radius 1 is 1.15 bits per heavy atom. The number of halogens is 1. The van der Waals surface area contributed by atoms with E-state index >= 15 is 0 Å². The van der Waals surface area contributed by atoms with E-state index in [2.05, 4.69) is 4.90 Å². The van der Waals surface area contributed by atoms with Gasteiger partial charge in [0.05, 0.1) is 31.9 Å². The van der Waals surface area contributed by atoms with Gasteiger partial charge in [-0.1, -0.05) is 12.1 Å².